The van der Waals surface area contributed by atoms with Crippen LogP contribution in [0.4, 0.5) is 0 Å². The van der Waals surface area contributed by atoms with Gasteiger partial charge in [-0.2, -0.15) is 9.78 Å². The Hall–Kier alpha value is -0.340. The quantitative estimate of drug-likeness (QED) is 0.307. The summed E-state index contributed by atoms with van der Waals surface area (Å²) >= 11 is 0. The number of rotatable bonds is 0. The second kappa shape index (κ2) is 3.37. The molecule has 66 valence electrons. The predicted octanol–water partition coefficient (Wildman–Crippen LogP) is 2.90. The van der Waals surface area contributed by atoms with Gasteiger partial charge in [-0.15, -0.1) is 6.58 Å². The maximum atomic E-state index is 4.40. The summed E-state index contributed by atoms with van der Waals surface area (Å²) in [6.07, 6.45) is 1.94. The Balaban J connectivity index is 0.000000183. The van der Waals surface area contributed by atoms with Gasteiger partial charge in [-0.1, -0.05) is 26.8 Å². The molecule has 2 heteroatoms. The average Bonchev–Trinajstić information content (AvgIpc) is 2.46. The summed E-state index contributed by atoms with van der Waals surface area (Å²) in [6, 6.07) is 0. The number of allylic oxidation sites excluding steroid dienone is 1. The molecule has 0 aromatic heterocycles. The minimum Gasteiger partial charge on any atom is -0.196 e. The van der Waals surface area contributed by atoms with Crippen LogP contribution in [0.25, 0.3) is 0 Å². The van der Waals surface area contributed by atoms with Crippen LogP contribution < -0.4 is 0 Å². The third-order valence-electron chi connectivity index (χ3n) is 1.03. The predicted molar refractivity (Wildman–Crippen MR) is 45.9 cm³/mol. The maximum absolute atomic E-state index is 4.40. The van der Waals surface area contributed by atoms with E-state index in [9.17, 15) is 0 Å². The molecular weight excluding hydrogens is 140 g/mol. The minimum absolute atomic E-state index is 0.250. The molecule has 0 aromatic rings. The van der Waals surface area contributed by atoms with Gasteiger partial charge in [0, 0.05) is 0 Å². The normalized spacial score (nSPS) is 19.7. The fourth-order valence-electron chi connectivity index (χ4n) is 0.0833. The first kappa shape index (κ1) is 10.7. The van der Waals surface area contributed by atoms with Crippen molar-refractivity contribution in [2.45, 2.75) is 40.4 Å². The van der Waals surface area contributed by atoms with E-state index in [4.69, 9.17) is 0 Å². The van der Waals surface area contributed by atoms with Crippen molar-refractivity contribution in [2.24, 2.45) is 5.41 Å². The van der Waals surface area contributed by atoms with Crippen molar-refractivity contribution in [3.63, 3.8) is 0 Å². The molecule has 0 bridgehead atoms. The first-order valence-electron chi connectivity index (χ1n) is 3.77. The Morgan fingerprint density at radius 3 is 1.36 bits per heavy atom. The summed E-state index contributed by atoms with van der Waals surface area (Å²) in [5.74, 6) is -0.250. The summed E-state index contributed by atoms with van der Waals surface area (Å²) in [5, 5.41) is 0. The lowest BCUT2D eigenvalue weighted by atomic mass is 9.98. The van der Waals surface area contributed by atoms with E-state index >= 15 is 0 Å². The highest BCUT2D eigenvalue weighted by atomic mass is 17.4. The molecule has 1 rings (SSSR count). The molecule has 0 aliphatic carbocycles. The van der Waals surface area contributed by atoms with E-state index in [1.807, 2.05) is 19.9 Å². The highest BCUT2D eigenvalue weighted by Gasteiger charge is 2.36. The van der Waals surface area contributed by atoms with Crippen LogP contribution in [0.5, 0.6) is 0 Å². The standard InChI is InChI=1S/C6H12.C3H6O2/c1-5-6(2,3)4;1-3(2)4-5-3/h5H,1H2,2-4H3;1-2H3. The summed E-state index contributed by atoms with van der Waals surface area (Å²) < 4.78 is 0. The van der Waals surface area contributed by atoms with Gasteiger partial charge in [-0.05, 0) is 19.3 Å². The SMILES string of the molecule is C=CC(C)(C)C.CC1(C)OO1. The molecule has 0 aromatic carbocycles. The van der Waals surface area contributed by atoms with E-state index in [1.165, 1.54) is 0 Å². The molecule has 0 atom stereocenters. The van der Waals surface area contributed by atoms with Crippen LogP contribution in [0, 0.1) is 5.41 Å². The van der Waals surface area contributed by atoms with Gasteiger partial charge in [0.05, 0.1) is 0 Å². The van der Waals surface area contributed by atoms with E-state index in [1.54, 1.807) is 0 Å². The van der Waals surface area contributed by atoms with E-state index < -0.39 is 0 Å². The van der Waals surface area contributed by atoms with Gasteiger partial charge >= 0.3 is 0 Å². The first-order valence-corrected chi connectivity index (χ1v) is 3.77. The van der Waals surface area contributed by atoms with E-state index in [0.29, 0.717) is 5.41 Å². The average molecular weight is 158 g/mol. The van der Waals surface area contributed by atoms with Gasteiger partial charge in [0.15, 0.2) is 0 Å². The molecule has 0 radical (unpaired) electrons. The van der Waals surface area contributed by atoms with Gasteiger partial charge in [0.1, 0.15) is 0 Å². The molecule has 0 amide bonds. The van der Waals surface area contributed by atoms with E-state index in [-0.39, 0.29) is 5.79 Å². The lowest BCUT2D eigenvalue weighted by Crippen LogP contribution is -1.96. The highest BCUT2D eigenvalue weighted by molar-refractivity contribution is 4.82. The van der Waals surface area contributed by atoms with Crippen molar-refractivity contribution >= 4 is 0 Å². The third kappa shape index (κ3) is 9.66. The lowest BCUT2D eigenvalue weighted by Gasteiger charge is -2.08. The molecule has 11 heavy (non-hydrogen) atoms. The molecule has 0 N–H and O–H groups in total. The summed E-state index contributed by atoms with van der Waals surface area (Å²) in [6.45, 7) is 13.7. The van der Waals surface area contributed by atoms with Crippen LogP contribution in [-0.2, 0) is 9.78 Å². The second-order valence-corrected chi connectivity index (χ2v) is 4.14. The van der Waals surface area contributed by atoms with Crippen LogP contribution in [0.15, 0.2) is 12.7 Å². The van der Waals surface area contributed by atoms with Gasteiger partial charge in [0.25, 0.3) is 0 Å². The minimum atomic E-state index is -0.250. The van der Waals surface area contributed by atoms with Crippen LogP contribution in [0.3, 0.4) is 0 Å². The van der Waals surface area contributed by atoms with Crippen LogP contribution >= 0.6 is 0 Å². The molecular formula is C9H18O2. The first-order chi connectivity index (χ1) is 4.77. The summed E-state index contributed by atoms with van der Waals surface area (Å²) in [7, 11) is 0. The number of hydrogen-bond donors (Lipinski definition) is 0. The largest absolute Gasteiger partial charge is 0.228 e. The van der Waals surface area contributed by atoms with Crippen molar-refractivity contribution in [1.29, 1.82) is 0 Å². The van der Waals surface area contributed by atoms with Crippen molar-refractivity contribution in [2.75, 3.05) is 0 Å². The molecule has 2 nitrogen and oxygen atoms in total. The van der Waals surface area contributed by atoms with Gasteiger partial charge in [-0.3, -0.25) is 0 Å². The summed E-state index contributed by atoms with van der Waals surface area (Å²) in [5.41, 5.74) is 0.306. The lowest BCUT2D eigenvalue weighted by molar-refractivity contribution is 0.0850. The van der Waals surface area contributed by atoms with Crippen LogP contribution in [0.2, 0.25) is 0 Å². The maximum Gasteiger partial charge on any atom is 0.228 e. The van der Waals surface area contributed by atoms with Crippen molar-refractivity contribution in [1.82, 2.24) is 0 Å². The fraction of sp³-hybridized carbons (Fsp3) is 0.778. The molecule has 0 saturated carbocycles. The zero-order chi connectivity index (χ0) is 9.12. The summed E-state index contributed by atoms with van der Waals surface area (Å²) in [4.78, 5) is 8.79. The van der Waals surface area contributed by atoms with E-state index in [2.05, 4.69) is 37.1 Å². The molecule has 1 heterocycles. The topological polar surface area (TPSA) is 25.1 Å². The molecule has 0 spiro atoms. The van der Waals surface area contributed by atoms with Gasteiger partial charge in [-0.25, -0.2) is 0 Å². The monoisotopic (exact) mass is 158 g/mol. The molecule has 0 unspecified atom stereocenters. The van der Waals surface area contributed by atoms with Crippen LogP contribution in [0.1, 0.15) is 34.6 Å². The fourth-order valence-corrected chi connectivity index (χ4v) is 0.0833. The molecule has 1 aliphatic heterocycles. The third-order valence-corrected chi connectivity index (χ3v) is 1.03. The highest BCUT2D eigenvalue weighted by Crippen LogP contribution is 2.26. The molecule has 1 aliphatic rings. The molecule has 1 fully saturated rings. The van der Waals surface area contributed by atoms with Gasteiger partial charge < -0.3 is 0 Å². The Morgan fingerprint density at radius 1 is 1.18 bits per heavy atom. The molecule has 1 saturated heterocycles. The second-order valence-electron chi connectivity index (χ2n) is 4.14. The number of hydrogen-bond acceptors (Lipinski definition) is 2. The van der Waals surface area contributed by atoms with Gasteiger partial charge in [0.2, 0.25) is 5.79 Å². The van der Waals surface area contributed by atoms with Crippen molar-refractivity contribution < 1.29 is 9.78 Å². The smallest absolute Gasteiger partial charge is 0.196 e. The Bertz CT molecular complexity index is 125. The Morgan fingerprint density at radius 2 is 1.36 bits per heavy atom. The van der Waals surface area contributed by atoms with E-state index in [0.717, 1.165) is 0 Å². The van der Waals surface area contributed by atoms with Crippen molar-refractivity contribution in [3.8, 4) is 0 Å². The van der Waals surface area contributed by atoms with Crippen molar-refractivity contribution in [3.05, 3.63) is 12.7 Å². The van der Waals surface area contributed by atoms with Crippen LogP contribution in [-0.4, -0.2) is 5.79 Å². The Labute approximate surface area is 69.1 Å². The zero-order valence-corrected chi connectivity index (χ0v) is 8.10. The Kier molecular flexibility index (Phi) is 3.27. The zero-order valence-electron chi connectivity index (χ0n) is 8.10.